The number of halogens is 1. The monoisotopic (exact) mass is 406 g/mol. The van der Waals surface area contributed by atoms with E-state index in [0.29, 0.717) is 26.4 Å². The van der Waals surface area contributed by atoms with Crippen LogP contribution in [0.5, 0.6) is 0 Å². The summed E-state index contributed by atoms with van der Waals surface area (Å²) in [5.41, 5.74) is 1.22. The van der Waals surface area contributed by atoms with Gasteiger partial charge >= 0.3 is 5.69 Å². The highest BCUT2D eigenvalue weighted by Crippen LogP contribution is 2.34. The molecule has 0 unspecified atom stereocenters. The van der Waals surface area contributed by atoms with Crippen LogP contribution in [0.1, 0.15) is 0 Å². The summed E-state index contributed by atoms with van der Waals surface area (Å²) < 4.78 is 1.51. The number of fused-ring (bicyclic) bond motifs is 2. The van der Waals surface area contributed by atoms with Crippen LogP contribution in [0.2, 0.25) is 5.02 Å². The molecule has 0 bridgehead atoms. The van der Waals surface area contributed by atoms with Crippen molar-refractivity contribution in [3.8, 4) is 16.1 Å². The molecule has 0 aliphatic heterocycles. The standard InChI is InChI=1S/C20H11ClN4O2S/c21-13-6-2-1-5-12(13)16-8-14-18(28-16)19(26)25(20(27)24-14)15-10-22-9-11-4-3-7-23-17(11)15/h1-10H,(H,24,27). The Labute approximate surface area is 166 Å². The summed E-state index contributed by atoms with van der Waals surface area (Å²) >= 11 is 7.57. The molecule has 0 saturated carbocycles. The molecule has 0 aliphatic carbocycles. The number of hydrogen-bond donors (Lipinski definition) is 1. The van der Waals surface area contributed by atoms with Crippen LogP contribution in [0.3, 0.4) is 0 Å². The second kappa shape index (κ2) is 6.40. The fourth-order valence-electron chi connectivity index (χ4n) is 3.17. The number of nitrogens with one attached hydrogen (secondary N) is 1. The topological polar surface area (TPSA) is 80.6 Å². The van der Waals surface area contributed by atoms with Gasteiger partial charge in [-0.1, -0.05) is 29.8 Å². The van der Waals surface area contributed by atoms with Crippen LogP contribution in [-0.4, -0.2) is 19.5 Å². The lowest BCUT2D eigenvalue weighted by atomic mass is 10.2. The molecule has 6 nitrogen and oxygen atoms in total. The molecular formula is C20H11ClN4O2S. The quantitative estimate of drug-likeness (QED) is 0.480. The Kier molecular flexibility index (Phi) is 3.85. The number of hydrogen-bond acceptors (Lipinski definition) is 5. The van der Waals surface area contributed by atoms with Crippen molar-refractivity contribution in [3.05, 3.63) is 86.9 Å². The van der Waals surface area contributed by atoms with Crippen LogP contribution < -0.4 is 11.2 Å². The smallest absolute Gasteiger partial charge is 0.306 e. The van der Waals surface area contributed by atoms with Gasteiger partial charge in [-0.25, -0.2) is 9.36 Å². The fraction of sp³-hybridized carbons (Fsp3) is 0. The van der Waals surface area contributed by atoms with Gasteiger partial charge in [0.1, 0.15) is 4.70 Å². The van der Waals surface area contributed by atoms with Crippen molar-refractivity contribution < 1.29 is 0 Å². The minimum Gasteiger partial charge on any atom is -0.306 e. The van der Waals surface area contributed by atoms with E-state index in [1.165, 1.54) is 17.5 Å². The van der Waals surface area contributed by atoms with Crippen LogP contribution in [0.15, 0.2) is 70.6 Å². The normalized spacial score (nSPS) is 11.3. The zero-order valence-electron chi connectivity index (χ0n) is 14.2. The van der Waals surface area contributed by atoms with E-state index in [2.05, 4.69) is 15.0 Å². The number of H-pyrrole nitrogens is 1. The maximum atomic E-state index is 13.2. The maximum Gasteiger partial charge on any atom is 0.333 e. The zero-order valence-corrected chi connectivity index (χ0v) is 15.8. The molecule has 0 atom stereocenters. The summed E-state index contributed by atoms with van der Waals surface area (Å²) in [4.78, 5) is 38.0. The predicted molar refractivity (Wildman–Crippen MR) is 112 cm³/mol. The SMILES string of the molecule is O=c1[nH]c2cc(-c3ccccc3Cl)sc2c(=O)n1-c1cncc2cccnc12. The third-order valence-electron chi connectivity index (χ3n) is 4.45. The van der Waals surface area contributed by atoms with Crippen molar-refractivity contribution in [3.63, 3.8) is 0 Å². The number of benzene rings is 1. The summed E-state index contributed by atoms with van der Waals surface area (Å²) in [7, 11) is 0. The molecule has 1 aromatic carbocycles. The molecule has 4 aromatic heterocycles. The third-order valence-corrected chi connectivity index (χ3v) is 5.93. The first kappa shape index (κ1) is 16.9. The first-order chi connectivity index (χ1) is 13.6. The van der Waals surface area contributed by atoms with Crippen molar-refractivity contribution in [1.82, 2.24) is 19.5 Å². The van der Waals surface area contributed by atoms with Crippen LogP contribution in [-0.2, 0) is 0 Å². The molecule has 0 aliphatic rings. The number of aromatic amines is 1. The van der Waals surface area contributed by atoms with E-state index >= 15 is 0 Å². The van der Waals surface area contributed by atoms with E-state index in [1.54, 1.807) is 30.6 Å². The van der Waals surface area contributed by atoms with Crippen LogP contribution in [0.4, 0.5) is 0 Å². The molecule has 1 N–H and O–H groups in total. The zero-order chi connectivity index (χ0) is 19.3. The number of aromatic nitrogens is 4. The van der Waals surface area contributed by atoms with Crippen molar-refractivity contribution in [2.75, 3.05) is 0 Å². The maximum absolute atomic E-state index is 13.2. The second-order valence-electron chi connectivity index (χ2n) is 6.14. The highest BCUT2D eigenvalue weighted by molar-refractivity contribution is 7.22. The Morgan fingerprint density at radius 1 is 1.07 bits per heavy atom. The van der Waals surface area contributed by atoms with E-state index in [1.807, 2.05) is 24.3 Å². The second-order valence-corrected chi connectivity index (χ2v) is 7.60. The van der Waals surface area contributed by atoms with Crippen molar-refractivity contribution in [1.29, 1.82) is 0 Å². The third kappa shape index (κ3) is 2.56. The highest BCUT2D eigenvalue weighted by atomic mass is 35.5. The van der Waals surface area contributed by atoms with Gasteiger partial charge in [0.25, 0.3) is 5.56 Å². The summed E-state index contributed by atoms with van der Waals surface area (Å²) in [5.74, 6) is 0. The lowest BCUT2D eigenvalue weighted by molar-refractivity contribution is 0.902. The number of thiophene rings is 1. The molecule has 0 radical (unpaired) electrons. The summed E-state index contributed by atoms with van der Waals surface area (Å²) in [6.45, 7) is 0. The molecule has 0 spiro atoms. The van der Waals surface area contributed by atoms with Crippen molar-refractivity contribution >= 4 is 44.1 Å². The van der Waals surface area contributed by atoms with Crippen LogP contribution in [0, 0.1) is 0 Å². The minimum atomic E-state index is -0.541. The molecule has 0 saturated heterocycles. The highest BCUT2D eigenvalue weighted by Gasteiger charge is 2.16. The molecule has 8 heteroatoms. The largest absolute Gasteiger partial charge is 0.333 e. The van der Waals surface area contributed by atoms with Gasteiger partial charge in [0.2, 0.25) is 0 Å². The Balaban J connectivity index is 1.81. The average molecular weight is 407 g/mol. The Morgan fingerprint density at radius 3 is 2.79 bits per heavy atom. The fourth-order valence-corrected chi connectivity index (χ4v) is 4.55. The van der Waals surface area contributed by atoms with Crippen LogP contribution in [0.25, 0.3) is 37.2 Å². The summed E-state index contributed by atoms with van der Waals surface area (Å²) in [5, 5.41) is 1.33. The van der Waals surface area contributed by atoms with E-state index < -0.39 is 11.2 Å². The summed E-state index contributed by atoms with van der Waals surface area (Å²) in [6, 6.07) is 12.8. The van der Waals surface area contributed by atoms with Gasteiger partial charge in [-0.05, 0) is 24.3 Å². The minimum absolute atomic E-state index is 0.346. The lowest BCUT2D eigenvalue weighted by Gasteiger charge is -2.06. The van der Waals surface area contributed by atoms with Gasteiger partial charge in [0, 0.05) is 33.2 Å². The first-order valence-corrected chi connectivity index (χ1v) is 9.56. The van der Waals surface area contributed by atoms with Gasteiger partial charge in [-0.3, -0.25) is 14.8 Å². The van der Waals surface area contributed by atoms with Gasteiger partial charge < -0.3 is 4.98 Å². The summed E-state index contributed by atoms with van der Waals surface area (Å²) in [6.07, 6.45) is 4.73. The Hall–Kier alpha value is -3.29. The molecular weight excluding hydrogens is 396 g/mol. The Morgan fingerprint density at radius 2 is 1.93 bits per heavy atom. The van der Waals surface area contributed by atoms with Gasteiger partial charge in [-0.15, -0.1) is 11.3 Å². The molecule has 136 valence electrons. The number of rotatable bonds is 2. The number of nitrogens with zero attached hydrogens (tertiary/aromatic N) is 3. The molecule has 28 heavy (non-hydrogen) atoms. The van der Waals surface area contributed by atoms with Crippen LogP contribution >= 0.6 is 22.9 Å². The molecule has 5 rings (SSSR count). The lowest BCUT2D eigenvalue weighted by Crippen LogP contribution is -2.33. The Bertz CT molecular complexity index is 1480. The average Bonchev–Trinajstić information content (AvgIpc) is 3.12. The van der Waals surface area contributed by atoms with Gasteiger partial charge in [0.05, 0.1) is 22.9 Å². The van der Waals surface area contributed by atoms with E-state index in [0.717, 1.165) is 20.4 Å². The molecule has 5 aromatic rings. The van der Waals surface area contributed by atoms with E-state index in [4.69, 9.17) is 11.6 Å². The molecule has 4 heterocycles. The van der Waals surface area contributed by atoms with E-state index in [-0.39, 0.29) is 0 Å². The van der Waals surface area contributed by atoms with Crippen molar-refractivity contribution in [2.45, 2.75) is 0 Å². The van der Waals surface area contributed by atoms with Gasteiger partial charge in [-0.2, -0.15) is 0 Å². The molecule has 0 fully saturated rings. The molecule has 0 amide bonds. The van der Waals surface area contributed by atoms with Gasteiger partial charge in [0.15, 0.2) is 0 Å². The van der Waals surface area contributed by atoms with E-state index in [9.17, 15) is 9.59 Å². The number of pyridine rings is 2. The predicted octanol–water partition coefficient (Wildman–Crippen LogP) is 4.00. The first-order valence-electron chi connectivity index (χ1n) is 8.36. The van der Waals surface area contributed by atoms with Crippen molar-refractivity contribution in [2.24, 2.45) is 0 Å².